The summed E-state index contributed by atoms with van der Waals surface area (Å²) in [5, 5.41) is 10.6. The molecule has 3 atom stereocenters. The molecule has 0 unspecified atom stereocenters. The number of halogens is 1. The minimum Gasteiger partial charge on any atom is -0.497 e. The van der Waals surface area contributed by atoms with Crippen LogP contribution < -0.4 is 4.74 Å². The van der Waals surface area contributed by atoms with Gasteiger partial charge in [0.1, 0.15) is 17.7 Å². The van der Waals surface area contributed by atoms with Crippen molar-refractivity contribution in [3.05, 3.63) is 60.3 Å². The molecule has 0 spiro atoms. The first kappa shape index (κ1) is 24.0. The molecule has 1 saturated heterocycles. The number of piperidine rings is 1. The zero-order valence-corrected chi connectivity index (χ0v) is 19.4. The number of fused-ring (bicyclic) bond motifs is 1. The maximum Gasteiger partial charge on any atom is 0.308 e. The SMILES string of the molecule is COc1ccc2nccc([C@@H](F)CC[C@@H]3CCN(CCCc4ncccn4)C[C@@H]3C(=O)O)c2c1. The predicted octanol–water partition coefficient (Wildman–Crippen LogP) is 4.48. The third-order valence-electron chi connectivity index (χ3n) is 6.76. The van der Waals surface area contributed by atoms with E-state index in [2.05, 4.69) is 19.9 Å². The van der Waals surface area contributed by atoms with Crippen LogP contribution in [0.3, 0.4) is 0 Å². The highest BCUT2D eigenvalue weighted by molar-refractivity contribution is 5.83. The standard InChI is InChI=1S/C26H31FN4O3/c1-34-19-6-8-24-21(16-19)20(9-13-28-24)23(27)7-5-18-10-15-31(17-22(18)26(32)33)14-2-4-25-29-11-3-12-30-25/h3,6,8-9,11-13,16,18,22-23H,2,4-5,7,10,14-15,17H2,1H3,(H,32,33)/t18-,22+,23+/m1/s1. The van der Waals surface area contributed by atoms with Crippen LogP contribution in [0, 0.1) is 11.8 Å². The number of aryl methyl sites for hydroxylation is 1. The van der Waals surface area contributed by atoms with Gasteiger partial charge in [-0.15, -0.1) is 0 Å². The minimum absolute atomic E-state index is 0.0351. The molecule has 1 N–H and O–H groups in total. The summed E-state index contributed by atoms with van der Waals surface area (Å²) in [4.78, 5) is 27.0. The van der Waals surface area contributed by atoms with Crippen molar-refractivity contribution >= 4 is 16.9 Å². The summed E-state index contributed by atoms with van der Waals surface area (Å²) < 4.78 is 20.6. The summed E-state index contributed by atoms with van der Waals surface area (Å²) >= 11 is 0. The molecule has 1 fully saturated rings. The second kappa shape index (κ2) is 11.3. The Balaban J connectivity index is 1.34. The number of methoxy groups -OCH3 is 1. The molecule has 7 nitrogen and oxygen atoms in total. The summed E-state index contributed by atoms with van der Waals surface area (Å²) in [5.74, 6) is 0.152. The van der Waals surface area contributed by atoms with E-state index >= 15 is 4.39 Å². The monoisotopic (exact) mass is 466 g/mol. The molecule has 34 heavy (non-hydrogen) atoms. The van der Waals surface area contributed by atoms with Crippen LogP contribution in [0.5, 0.6) is 5.75 Å². The van der Waals surface area contributed by atoms with Gasteiger partial charge in [0.05, 0.1) is 18.5 Å². The van der Waals surface area contributed by atoms with Gasteiger partial charge in [-0.05, 0) is 80.6 Å². The summed E-state index contributed by atoms with van der Waals surface area (Å²) in [6.07, 6.45) is 7.14. The molecule has 4 rings (SSSR count). The Hall–Kier alpha value is -3.13. The Kier molecular flexibility index (Phi) is 8.00. The highest BCUT2D eigenvalue weighted by atomic mass is 19.1. The van der Waals surface area contributed by atoms with Gasteiger partial charge in [-0.2, -0.15) is 0 Å². The molecule has 0 aliphatic carbocycles. The molecule has 8 heteroatoms. The van der Waals surface area contributed by atoms with E-state index in [-0.39, 0.29) is 12.3 Å². The third kappa shape index (κ3) is 5.86. The van der Waals surface area contributed by atoms with Gasteiger partial charge in [-0.25, -0.2) is 14.4 Å². The highest BCUT2D eigenvalue weighted by Crippen LogP contribution is 2.35. The van der Waals surface area contributed by atoms with Gasteiger partial charge in [0, 0.05) is 36.9 Å². The van der Waals surface area contributed by atoms with Crippen LogP contribution in [0.15, 0.2) is 48.9 Å². The number of rotatable bonds is 10. The van der Waals surface area contributed by atoms with Gasteiger partial charge in [0.25, 0.3) is 0 Å². The number of hydrogen-bond donors (Lipinski definition) is 1. The van der Waals surface area contributed by atoms with Crippen molar-refractivity contribution in [3.63, 3.8) is 0 Å². The Morgan fingerprint density at radius 2 is 2.06 bits per heavy atom. The van der Waals surface area contributed by atoms with E-state index in [1.807, 2.05) is 18.2 Å². The molecule has 1 aliphatic rings. The fourth-order valence-corrected chi connectivity index (χ4v) is 4.88. The van der Waals surface area contributed by atoms with Crippen LogP contribution in [0.25, 0.3) is 10.9 Å². The van der Waals surface area contributed by atoms with Gasteiger partial charge in [-0.3, -0.25) is 9.78 Å². The van der Waals surface area contributed by atoms with Gasteiger partial charge in [0.2, 0.25) is 0 Å². The van der Waals surface area contributed by atoms with E-state index in [9.17, 15) is 9.90 Å². The first-order valence-corrected chi connectivity index (χ1v) is 11.8. The number of nitrogens with zero attached hydrogens (tertiary/aromatic N) is 4. The van der Waals surface area contributed by atoms with Crippen molar-refractivity contribution in [2.24, 2.45) is 11.8 Å². The lowest BCUT2D eigenvalue weighted by Crippen LogP contribution is -2.44. The number of carbonyl (C=O) groups is 1. The number of pyridine rings is 1. The fourth-order valence-electron chi connectivity index (χ4n) is 4.88. The Morgan fingerprint density at radius 3 is 2.82 bits per heavy atom. The number of ether oxygens (including phenoxy) is 1. The number of carboxylic acid groups (broad SMARTS) is 1. The molecule has 2 aromatic heterocycles. The Morgan fingerprint density at radius 1 is 1.24 bits per heavy atom. The number of carboxylic acids is 1. The molecule has 3 heterocycles. The van der Waals surface area contributed by atoms with Crippen molar-refractivity contribution in [2.45, 2.75) is 38.3 Å². The number of benzene rings is 1. The normalized spacial score (nSPS) is 19.7. The van der Waals surface area contributed by atoms with Crippen molar-refractivity contribution in [3.8, 4) is 5.75 Å². The number of aliphatic carboxylic acids is 1. The first-order valence-electron chi connectivity index (χ1n) is 11.8. The lowest BCUT2D eigenvalue weighted by atomic mass is 9.81. The molecule has 0 radical (unpaired) electrons. The summed E-state index contributed by atoms with van der Waals surface area (Å²) in [5.41, 5.74) is 1.30. The fraction of sp³-hybridized carbons (Fsp3) is 0.462. The summed E-state index contributed by atoms with van der Waals surface area (Å²) in [7, 11) is 1.58. The van der Waals surface area contributed by atoms with Crippen LogP contribution in [-0.2, 0) is 11.2 Å². The van der Waals surface area contributed by atoms with Crippen LogP contribution in [0.4, 0.5) is 4.39 Å². The quantitative estimate of drug-likeness (QED) is 0.471. The summed E-state index contributed by atoms with van der Waals surface area (Å²) in [6.45, 7) is 2.14. The van der Waals surface area contributed by atoms with Crippen molar-refractivity contribution in [1.29, 1.82) is 0 Å². The van der Waals surface area contributed by atoms with Crippen LogP contribution in [0.2, 0.25) is 0 Å². The van der Waals surface area contributed by atoms with Gasteiger partial charge < -0.3 is 14.7 Å². The lowest BCUT2D eigenvalue weighted by Gasteiger charge is -2.36. The topological polar surface area (TPSA) is 88.4 Å². The number of likely N-dealkylation sites (tertiary alicyclic amines) is 1. The zero-order valence-electron chi connectivity index (χ0n) is 19.4. The van der Waals surface area contributed by atoms with E-state index < -0.39 is 18.1 Å². The molecule has 0 saturated carbocycles. The van der Waals surface area contributed by atoms with Crippen molar-refractivity contribution in [2.75, 3.05) is 26.7 Å². The average Bonchev–Trinajstić information content (AvgIpc) is 2.87. The molecule has 1 aromatic carbocycles. The number of hydrogen-bond acceptors (Lipinski definition) is 6. The Bertz CT molecular complexity index is 1100. The van der Waals surface area contributed by atoms with Crippen LogP contribution in [-0.4, -0.2) is 57.7 Å². The molecular formula is C26H31FN4O3. The van der Waals surface area contributed by atoms with Gasteiger partial charge >= 0.3 is 5.97 Å². The van der Waals surface area contributed by atoms with Gasteiger partial charge in [0.15, 0.2) is 0 Å². The summed E-state index contributed by atoms with van der Waals surface area (Å²) in [6, 6.07) is 8.94. The van der Waals surface area contributed by atoms with Crippen LogP contribution in [0.1, 0.15) is 43.2 Å². The van der Waals surface area contributed by atoms with E-state index in [1.165, 1.54) is 0 Å². The second-order valence-electron chi connectivity index (χ2n) is 8.89. The van der Waals surface area contributed by atoms with E-state index in [1.54, 1.807) is 37.8 Å². The molecule has 0 amide bonds. The number of aromatic nitrogens is 3. The first-order chi connectivity index (χ1) is 16.5. The largest absolute Gasteiger partial charge is 0.497 e. The molecule has 180 valence electrons. The number of alkyl halides is 1. The van der Waals surface area contributed by atoms with E-state index in [4.69, 9.17) is 4.74 Å². The second-order valence-corrected chi connectivity index (χ2v) is 8.89. The maximum atomic E-state index is 15.4. The zero-order chi connectivity index (χ0) is 23.9. The lowest BCUT2D eigenvalue weighted by molar-refractivity contribution is -0.146. The Labute approximate surface area is 199 Å². The molecule has 1 aliphatic heterocycles. The highest BCUT2D eigenvalue weighted by Gasteiger charge is 2.34. The third-order valence-corrected chi connectivity index (χ3v) is 6.76. The van der Waals surface area contributed by atoms with Crippen molar-refractivity contribution < 1.29 is 19.0 Å². The molecular weight excluding hydrogens is 435 g/mol. The molecule has 3 aromatic rings. The smallest absolute Gasteiger partial charge is 0.308 e. The van der Waals surface area contributed by atoms with Crippen LogP contribution >= 0.6 is 0 Å². The van der Waals surface area contributed by atoms with E-state index in [0.29, 0.717) is 24.3 Å². The van der Waals surface area contributed by atoms with Gasteiger partial charge in [-0.1, -0.05) is 0 Å². The van der Waals surface area contributed by atoms with Crippen molar-refractivity contribution in [1.82, 2.24) is 19.9 Å². The molecule has 0 bridgehead atoms. The maximum absolute atomic E-state index is 15.4. The predicted molar refractivity (Wildman–Crippen MR) is 127 cm³/mol. The van der Waals surface area contributed by atoms with E-state index in [0.717, 1.165) is 49.1 Å². The average molecular weight is 467 g/mol. The minimum atomic E-state index is -1.18.